The van der Waals surface area contributed by atoms with Gasteiger partial charge >= 0.3 is 6.03 Å². The molecule has 0 spiro atoms. The first-order valence-corrected chi connectivity index (χ1v) is 5.25. The van der Waals surface area contributed by atoms with Crippen LogP contribution in [0.3, 0.4) is 0 Å². The fraction of sp³-hybridized carbons (Fsp3) is 0.625. The van der Waals surface area contributed by atoms with Crippen molar-refractivity contribution in [2.75, 3.05) is 11.9 Å². The number of hydrogen-bond donors (Lipinski definition) is 3. The van der Waals surface area contributed by atoms with Crippen molar-refractivity contribution in [2.24, 2.45) is 0 Å². The number of aliphatic hydroxyl groups is 1. The number of aryl methyl sites for hydroxylation is 1. The summed E-state index contributed by atoms with van der Waals surface area (Å²) in [7, 11) is 0. The standard InChI is InChI=1S/C8H14N4O2S/c1-5-11-12-7(15-5)9-6(14)10-8(2,3)4-13/h13H,4H2,1-3H3,(H2,9,10,12,14). The first-order chi connectivity index (χ1) is 6.93. The maximum Gasteiger partial charge on any atom is 0.321 e. The van der Waals surface area contributed by atoms with E-state index in [4.69, 9.17) is 5.11 Å². The molecule has 0 radical (unpaired) electrons. The van der Waals surface area contributed by atoms with Gasteiger partial charge in [0.15, 0.2) is 0 Å². The molecule has 2 amide bonds. The Morgan fingerprint density at radius 1 is 1.53 bits per heavy atom. The molecule has 1 rings (SSSR count). The van der Waals surface area contributed by atoms with Crippen molar-refractivity contribution < 1.29 is 9.90 Å². The highest BCUT2D eigenvalue weighted by molar-refractivity contribution is 7.15. The van der Waals surface area contributed by atoms with Crippen LogP contribution in [0, 0.1) is 6.92 Å². The van der Waals surface area contributed by atoms with Gasteiger partial charge in [-0.05, 0) is 20.8 Å². The van der Waals surface area contributed by atoms with E-state index in [1.807, 2.05) is 0 Å². The van der Waals surface area contributed by atoms with Gasteiger partial charge in [0, 0.05) is 0 Å². The van der Waals surface area contributed by atoms with Crippen LogP contribution in [-0.2, 0) is 0 Å². The molecular weight excluding hydrogens is 216 g/mol. The number of hydrogen-bond acceptors (Lipinski definition) is 5. The number of urea groups is 1. The quantitative estimate of drug-likeness (QED) is 0.714. The molecule has 0 aliphatic carbocycles. The maximum atomic E-state index is 11.4. The summed E-state index contributed by atoms with van der Waals surface area (Å²) in [6, 6.07) is -0.398. The van der Waals surface area contributed by atoms with E-state index in [1.165, 1.54) is 11.3 Å². The van der Waals surface area contributed by atoms with Crippen molar-refractivity contribution in [3.8, 4) is 0 Å². The third-order valence-electron chi connectivity index (χ3n) is 1.59. The van der Waals surface area contributed by atoms with Gasteiger partial charge in [0.05, 0.1) is 12.1 Å². The maximum absolute atomic E-state index is 11.4. The Hall–Kier alpha value is -1.21. The zero-order chi connectivity index (χ0) is 11.5. The van der Waals surface area contributed by atoms with E-state index >= 15 is 0 Å². The van der Waals surface area contributed by atoms with Crippen LogP contribution >= 0.6 is 11.3 Å². The Morgan fingerprint density at radius 2 is 2.20 bits per heavy atom. The average molecular weight is 230 g/mol. The summed E-state index contributed by atoms with van der Waals surface area (Å²) in [6.07, 6.45) is 0. The summed E-state index contributed by atoms with van der Waals surface area (Å²) in [5.41, 5.74) is -0.649. The number of aliphatic hydroxyl groups excluding tert-OH is 1. The highest BCUT2D eigenvalue weighted by atomic mass is 32.1. The van der Waals surface area contributed by atoms with Gasteiger partial charge in [-0.2, -0.15) is 0 Å². The van der Waals surface area contributed by atoms with Crippen LogP contribution < -0.4 is 10.6 Å². The minimum absolute atomic E-state index is 0.129. The van der Waals surface area contributed by atoms with Crippen molar-refractivity contribution in [3.63, 3.8) is 0 Å². The molecule has 0 fully saturated rings. The van der Waals surface area contributed by atoms with Gasteiger partial charge in [-0.3, -0.25) is 5.32 Å². The average Bonchev–Trinajstić information content (AvgIpc) is 2.50. The lowest BCUT2D eigenvalue weighted by Crippen LogP contribution is -2.48. The second-order valence-corrected chi connectivity index (χ2v) is 4.93. The summed E-state index contributed by atoms with van der Waals surface area (Å²) >= 11 is 1.29. The summed E-state index contributed by atoms with van der Waals surface area (Å²) in [6.45, 7) is 5.11. The lowest BCUT2D eigenvalue weighted by molar-refractivity contribution is 0.187. The number of nitrogens with one attached hydrogen (secondary N) is 2. The third-order valence-corrected chi connectivity index (χ3v) is 2.35. The van der Waals surface area contributed by atoms with Gasteiger partial charge in [-0.15, -0.1) is 10.2 Å². The topological polar surface area (TPSA) is 87.1 Å². The third kappa shape index (κ3) is 3.80. The molecule has 7 heteroatoms. The predicted molar refractivity (Wildman–Crippen MR) is 58.0 cm³/mol. The molecule has 0 saturated carbocycles. The smallest absolute Gasteiger partial charge is 0.321 e. The number of carbonyl (C=O) groups excluding carboxylic acids is 1. The number of carbonyl (C=O) groups is 1. The Kier molecular flexibility index (Phi) is 3.59. The van der Waals surface area contributed by atoms with Crippen LogP contribution in [-0.4, -0.2) is 33.5 Å². The van der Waals surface area contributed by atoms with E-state index < -0.39 is 11.6 Å². The Balaban J connectivity index is 2.50. The molecule has 0 saturated heterocycles. The van der Waals surface area contributed by atoms with E-state index in [-0.39, 0.29) is 6.61 Å². The molecule has 1 heterocycles. The second-order valence-electron chi connectivity index (χ2n) is 3.75. The normalized spacial score (nSPS) is 11.2. The van der Waals surface area contributed by atoms with E-state index in [2.05, 4.69) is 20.8 Å². The van der Waals surface area contributed by atoms with Gasteiger partial charge in [-0.1, -0.05) is 11.3 Å². The zero-order valence-electron chi connectivity index (χ0n) is 8.87. The number of aromatic nitrogens is 2. The van der Waals surface area contributed by atoms with Crippen LogP contribution in [0.2, 0.25) is 0 Å². The van der Waals surface area contributed by atoms with Gasteiger partial charge in [0.25, 0.3) is 0 Å². The monoisotopic (exact) mass is 230 g/mol. The molecule has 3 N–H and O–H groups in total. The van der Waals surface area contributed by atoms with E-state index in [0.29, 0.717) is 5.13 Å². The minimum atomic E-state index is -0.649. The largest absolute Gasteiger partial charge is 0.394 e. The van der Waals surface area contributed by atoms with Crippen molar-refractivity contribution in [1.82, 2.24) is 15.5 Å². The van der Waals surface area contributed by atoms with Gasteiger partial charge in [0.2, 0.25) is 5.13 Å². The highest BCUT2D eigenvalue weighted by Gasteiger charge is 2.19. The van der Waals surface area contributed by atoms with Crippen molar-refractivity contribution >= 4 is 22.5 Å². The SMILES string of the molecule is Cc1nnc(NC(=O)NC(C)(C)CO)s1. The molecule has 6 nitrogen and oxygen atoms in total. The molecule has 0 unspecified atom stereocenters. The molecule has 0 aliphatic heterocycles. The summed E-state index contributed by atoms with van der Waals surface area (Å²) < 4.78 is 0. The molecule has 0 bridgehead atoms. The zero-order valence-corrected chi connectivity index (χ0v) is 9.68. The lowest BCUT2D eigenvalue weighted by atomic mass is 10.1. The predicted octanol–water partition coefficient (Wildman–Crippen LogP) is 0.739. The van der Waals surface area contributed by atoms with Crippen molar-refractivity contribution in [3.05, 3.63) is 5.01 Å². The van der Waals surface area contributed by atoms with E-state index in [1.54, 1.807) is 20.8 Å². The van der Waals surface area contributed by atoms with Crippen molar-refractivity contribution in [2.45, 2.75) is 26.3 Å². The van der Waals surface area contributed by atoms with Crippen LogP contribution in [0.25, 0.3) is 0 Å². The van der Waals surface area contributed by atoms with Crippen molar-refractivity contribution in [1.29, 1.82) is 0 Å². The van der Waals surface area contributed by atoms with E-state index in [9.17, 15) is 4.79 Å². The molecule has 84 valence electrons. The van der Waals surface area contributed by atoms with Crippen LogP contribution in [0.4, 0.5) is 9.93 Å². The Morgan fingerprint density at radius 3 is 2.67 bits per heavy atom. The Labute approximate surface area is 91.7 Å². The molecule has 0 aromatic carbocycles. The molecule has 0 aliphatic rings. The van der Waals surface area contributed by atoms with Crippen LogP contribution in [0.15, 0.2) is 0 Å². The van der Waals surface area contributed by atoms with Gasteiger partial charge < -0.3 is 10.4 Å². The minimum Gasteiger partial charge on any atom is -0.394 e. The molecule has 1 aromatic heterocycles. The number of nitrogens with zero attached hydrogens (tertiary/aromatic N) is 2. The summed E-state index contributed by atoms with van der Waals surface area (Å²) in [5, 5.41) is 22.8. The Bertz CT molecular complexity index is 350. The number of amides is 2. The number of rotatable bonds is 3. The van der Waals surface area contributed by atoms with Crippen LogP contribution in [0.1, 0.15) is 18.9 Å². The molecule has 1 aromatic rings. The van der Waals surface area contributed by atoms with Gasteiger partial charge in [-0.25, -0.2) is 4.79 Å². The number of anilines is 1. The summed E-state index contributed by atoms with van der Waals surface area (Å²) in [5.74, 6) is 0. The lowest BCUT2D eigenvalue weighted by Gasteiger charge is -2.22. The second kappa shape index (κ2) is 4.54. The molecule has 15 heavy (non-hydrogen) atoms. The summed E-state index contributed by atoms with van der Waals surface area (Å²) in [4.78, 5) is 11.4. The fourth-order valence-electron chi connectivity index (χ4n) is 0.822. The molecular formula is C8H14N4O2S. The first kappa shape index (κ1) is 11.9. The fourth-order valence-corrected chi connectivity index (χ4v) is 1.41. The molecule has 0 atom stereocenters. The highest BCUT2D eigenvalue weighted by Crippen LogP contribution is 2.13. The van der Waals surface area contributed by atoms with Gasteiger partial charge in [0.1, 0.15) is 5.01 Å². The van der Waals surface area contributed by atoms with E-state index in [0.717, 1.165) is 5.01 Å². The first-order valence-electron chi connectivity index (χ1n) is 4.43. The van der Waals surface area contributed by atoms with Crippen LogP contribution in [0.5, 0.6) is 0 Å².